The molecule has 5 heteroatoms. The summed E-state index contributed by atoms with van der Waals surface area (Å²) < 4.78 is 11.9. The molecule has 18 heavy (non-hydrogen) atoms. The number of hydrogen-bond donors (Lipinski definition) is 1. The van der Waals surface area contributed by atoms with Gasteiger partial charge in [-0.2, -0.15) is 0 Å². The molecule has 1 unspecified atom stereocenters. The number of aliphatic hydroxyl groups is 1. The molecule has 0 bridgehead atoms. The first-order chi connectivity index (χ1) is 8.06. The number of benzene rings is 1. The van der Waals surface area contributed by atoms with Gasteiger partial charge < -0.3 is 15.0 Å². The fraction of sp³-hybridized carbons (Fsp3) is 0.462. The maximum atomic E-state index is 11.9. The minimum atomic E-state index is -1.30. The Labute approximate surface area is 128 Å². The van der Waals surface area contributed by atoms with Crippen LogP contribution in [0.15, 0.2) is 18.2 Å². The van der Waals surface area contributed by atoms with E-state index in [9.17, 15) is 19.4 Å². The van der Waals surface area contributed by atoms with Crippen molar-refractivity contribution in [3.8, 4) is 0 Å². The topological polar surface area (TPSA) is 60.4 Å². The quantitative estimate of drug-likeness (QED) is 0.503. The second-order valence-corrected chi connectivity index (χ2v) is 4.08. The van der Waals surface area contributed by atoms with Crippen molar-refractivity contribution in [3.63, 3.8) is 0 Å². The number of alkyl halides is 1. The summed E-state index contributed by atoms with van der Waals surface area (Å²) in [5.74, 6) is -1.30. The molecule has 1 rings (SSSR count). The monoisotopic (exact) mass is 262 g/mol. The van der Waals surface area contributed by atoms with E-state index in [0.29, 0.717) is 24.8 Å². The Hall–Kier alpha value is -0.420. The van der Waals surface area contributed by atoms with Crippen LogP contribution in [0.4, 0.5) is 4.39 Å². The van der Waals surface area contributed by atoms with Crippen LogP contribution in [0.1, 0.15) is 46.9 Å². The summed E-state index contributed by atoms with van der Waals surface area (Å²) >= 11 is 0. The van der Waals surface area contributed by atoms with Gasteiger partial charge in [0.15, 0.2) is 0 Å². The average molecular weight is 262 g/mol. The van der Waals surface area contributed by atoms with Crippen molar-refractivity contribution in [2.75, 3.05) is 6.67 Å². The average Bonchev–Trinajstić information content (AvgIpc) is 2.29. The van der Waals surface area contributed by atoms with Crippen LogP contribution in [0.3, 0.4) is 0 Å². The Balaban J connectivity index is 0.00000289. The number of aryl methyl sites for hydroxylation is 1. The standard InChI is InChI=1S/C13H17FO3.Na/c1-9-5-6-10(11(8-9)13(16)17)12(15)4-2-3-7-14;/h5-6,8,12,15H,2-4,7H2,1H3,(H,16,17);/q;+1/p-1. The maximum absolute atomic E-state index is 11.9. The van der Waals surface area contributed by atoms with Gasteiger partial charge in [-0.05, 0) is 37.8 Å². The molecule has 1 aromatic carbocycles. The van der Waals surface area contributed by atoms with Crippen LogP contribution in [-0.4, -0.2) is 17.8 Å². The van der Waals surface area contributed by atoms with Crippen LogP contribution in [-0.2, 0) is 0 Å². The number of halogens is 1. The summed E-state index contributed by atoms with van der Waals surface area (Å²) in [7, 11) is 0. The zero-order valence-electron chi connectivity index (χ0n) is 10.8. The third-order valence-electron chi connectivity index (χ3n) is 2.65. The van der Waals surface area contributed by atoms with Gasteiger partial charge >= 0.3 is 29.6 Å². The van der Waals surface area contributed by atoms with Gasteiger partial charge in [0, 0.05) is 5.56 Å². The number of hydrogen-bond acceptors (Lipinski definition) is 3. The molecule has 0 aliphatic rings. The van der Waals surface area contributed by atoms with E-state index >= 15 is 0 Å². The van der Waals surface area contributed by atoms with Crippen molar-refractivity contribution >= 4 is 5.97 Å². The Morgan fingerprint density at radius 1 is 1.44 bits per heavy atom. The summed E-state index contributed by atoms with van der Waals surface area (Å²) in [6, 6.07) is 4.80. The molecule has 0 saturated carbocycles. The number of carboxylic acids is 1. The second-order valence-electron chi connectivity index (χ2n) is 4.08. The van der Waals surface area contributed by atoms with Gasteiger partial charge in [0.05, 0.1) is 18.7 Å². The third-order valence-corrected chi connectivity index (χ3v) is 2.65. The molecule has 1 aromatic rings. The minimum absolute atomic E-state index is 0. The fourth-order valence-corrected chi connectivity index (χ4v) is 1.73. The normalized spacial score (nSPS) is 11.7. The zero-order chi connectivity index (χ0) is 12.8. The van der Waals surface area contributed by atoms with E-state index in [4.69, 9.17) is 0 Å². The Kier molecular flexibility index (Phi) is 8.44. The van der Waals surface area contributed by atoms with Crippen molar-refractivity contribution < 1.29 is 49.0 Å². The molecule has 0 fully saturated rings. The smallest absolute Gasteiger partial charge is 0.545 e. The van der Waals surface area contributed by atoms with Crippen molar-refractivity contribution in [1.29, 1.82) is 0 Å². The van der Waals surface area contributed by atoms with E-state index in [1.165, 1.54) is 6.07 Å². The molecule has 3 nitrogen and oxygen atoms in total. The predicted molar refractivity (Wildman–Crippen MR) is 60.3 cm³/mol. The molecule has 0 amide bonds. The van der Waals surface area contributed by atoms with E-state index in [2.05, 4.69) is 0 Å². The summed E-state index contributed by atoms with van der Waals surface area (Å²) in [5, 5.41) is 20.8. The maximum Gasteiger partial charge on any atom is 1.00 e. The largest absolute Gasteiger partial charge is 1.00 e. The molecule has 1 atom stereocenters. The Morgan fingerprint density at radius 2 is 2.11 bits per heavy atom. The molecule has 1 N–H and O–H groups in total. The van der Waals surface area contributed by atoms with E-state index < -0.39 is 18.7 Å². The molecule has 0 radical (unpaired) electrons. The van der Waals surface area contributed by atoms with Gasteiger partial charge in [-0.25, -0.2) is 0 Å². The first-order valence-electron chi connectivity index (χ1n) is 5.62. The van der Waals surface area contributed by atoms with E-state index in [-0.39, 0.29) is 35.1 Å². The number of carboxylic acid groups (broad SMARTS) is 1. The van der Waals surface area contributed by atoms with Crippen LogP contribution < -0.4 is 34.7 Å². The number of unbranched alkanes of at least 4 members (excludes halogenated alkanes) is 1. The van der Waals surface area contributed by atoms with Crippen LogP contribution in [0.25, 0.3) is 0 Å². The predicted octanol–water partition coefficient (Wildman–Crippen LogP) is -1.46. The van der Waals surface area contributed by atoms with E-state index in [1.54, 1.807) is 19.1 Å². The third kappa shape index (κ3) is 5.06. The molecule has 0 spiro atoms. The Bertz CT molecular complexity index is 396. The van der Waals surface area contributed by atoms with Crippen molar-refractivity contribution in [3.05, 3.63) is 34.9 Å². The molecular weight excluding hydrogens is 246 g/mol. The molecule has 94 valence electrons. The fourth-order valence-electron chi connectivity index (χ4n) is 1.73. The first-order valence-corrected chi connectivity index (χ1v) is 5.62. The first kappa shape index (κ1) is 17.6. The molecular formula is C13H16FNaO3. The summed E-state index contributed by atoms with van der Waals surface area (Å²) in [4.78, 5) is 10.9. The molecule has 0 saturated heterocycles. The summed E-state index contributed by atoms with van der Waals surface area (Å²) in [5.41, 5.74) is 1.15. The van der Waals surface area contributed by atoms with Gasteiger partial charge in [-0.1, -0.05) is 17.7 Å². The van der Waals surface area contributed by atoms with Crippen molar-refractivity contribution in [1.82, 2.24) is 0 Å². The summed E-state index contributed by atoms with van der Waals surface area (Å²) in [6.45, 7) is 1.35. The molecule has 0 heterocycles. The molecule has 0 aliphatic carbocycles. The van der Waals surface area contributed by atoms with Crippen LogP contribution in [0.5, 0.6) is 0 Å². The number of carbonyl (C=O) groups excluding carboxylic acids is 1. The number of rotatable bonds is 6. The number of aliphatic hydroxyl groups excluding tert-OH is 1. The van der Waals surface area contributed by atoms with Crippen LogP contribution in [0, 0.1) is 6.92 Å². The van der Waals surface area contributed by atoms with Crippen LogP contribution >= 0.6 is 0 Å². The number of aromatic carboxylic acids is 1. The van der Waals surface area contributed by atoms with E-state index in [1.807, 2.05) is 0 Å². The van der Waals surface area contributed by atoms with Gasteiger partial charge in [-0.3, -0.25) is 4.39 Å². The minimum Gasteiger partial charge on any atom is -0.545 e. The van der Waals surface area contributed by atoms with Gasteiger partial charge in [0.1, 0.15) is 0 Å². The van der Waals surface area contributed by atoms with Crippen molar-refractivity contribution in [2.45, 2.75) is 32.3 Å². The van der Waals surface area contributed by atoms with Gasteiger partial charge in [-0.15, -0.1) is 0 Å². The van der Waals surface area contributed by atoms with Crippen LogP contribution in [0.2, 0.25) is 0 Å². The Morgan fingerprint density at radius 3 is 2.67 bits per heavy atom. The summed E-state index contributed by atoms with van der Waals surface area (Å²) in [6.07, 6.45) is 0.379. The van der Waals surface area contributed by atoms with Crippen molar-refractivity contribution in [2.24, 2.45) is 0 Å². The molecule has 0 aromatic heterocycles. The van der Waals surface area contributed by atoms with Gasteiger partial charge in [0.25, 0.3) is 0 Å². The number of carbonyl (C=O) groups is 1. The van der Waals surface area contributed by atoms with E-state index in [0.717, 1.165) is 5.56 Å². The molecule has 0 aliphatic heterocycles. The van der Waals surface area contributed by atoms with Gasteiger partial charge in [0.2, 0.25) is 0 Å². The SMILES string of the molecule is Cc1ccc(C(O)CCCCF)c(C(=O)[O-])c1.[Na+]. The second kappa shape index (κ2) is 8.64. The zero-order valence-corrected chi connectivity index (χ0v) is 12.8.